The molecule has 2 rings (SSSR count). The SMILES string of the molecule is O=C(CI)NC1C(=O)N2C(C(=O)O)=C(C(=O)Cl)CS[C@H]12. The Bertz CT molecular complexity index is 552. The zero-order valence-corrected chi connectivity index (χ0v) is 13.5. The average Bonchev–Trinajstić information content (AvgIpc) is 2.42. The first-order valence-corrected chi connectivity index (χ1v) is 8.30. The number of thioether (sulfide) groups is 1. The van der Waals surface area contributed by atoms with E-state index in [-0.39, 0.29) is 21.7 Å². The smallest absolute Gasteiger partial charge is 0.353 e. The van der Waals surface area contributed by atoms with Crippen LogP contribution in [0.2, 0.25) is 0 Å². The van der Waals surface area contributed by atoms with Crippen LogP contribution in [0.5, 0.6) is 0 Å². The molecule has 2 N–H and O–H groups in total. The van der Waals surface area contributed by atoms with Gasteiger partial charge in [-0.1, -0.05) is 22.6 Å². The number of halogens is 2. The second-order valence-corrected chi connectivity index (χ2v) is 6.21. The van der Waals surface area contributed by atoms with Gasteiger partial charge in [-0.3, -0.25) is 19.3 Å². The fourth-order valence-corrected chi connectivity index (χ4v) is 3.78. The molecule has 0 saturated carbocycles. The van der Waals surface area contributed by atoms with Crippen LogP contribution in [-0.2, 0) is 19.2 Å². The summed E-state index contributed by atoms with van der Waals surface area (Å²) in [4.78, 5) is 46.8. The minimum absolute atomic E-state index is 0.0923. The lowest BCUT2D eigenvalue weighted by Crippen LogP contribution is -2.70. The number of alkyl halides is 1. The third kappa shape index (κ3) is 2.53. The fourth-order valence-electron chi connectivity index (χ4n) is 1.98. The molecule has 0 radical (unpaired) electrons. The van der Waals surface area contributed by atoms with Crippen molar-refractivity contribution in [2.24, 2.45) is 0 Å². The van der Waals surface area contributed by atoms with Crippen molar-refractivity contribution >= 4 is 69.0 Å². The summed E-state index contributed by atoms with van der Waals surface area (Å²) in [6.07, 6.45) is 0. The minimum atomic E-state index is -1.38. The molecular formula is C10H8ClIN2O5S. The number of carboxylic acid groups (broad SMARTS) is 1. The van der Waals surface area contributed by atoms with Crippen molar-refractivity contribution in [3.8, 4) is 0 Å². The topological polar surface area (TPSA) is 104 Å². The molecule has 1 saturated heterocycles. The number of nitrogens with one attached hydrogen (secondary N) is 1. The maximum absolute atomic E-state index is 12.0. The van der Waals surface area contributed by atoms with Gasteiger partial charge >= 0.3 is 5.97 Å². The molecule has 0 spiro atoms. The highest BCUT2D eigenvalue weighted by Crippen LogP contribution is 2.40. The van der Waals surface area contributed by atoms with E-state index in [1.807, 2.05) is 22.6 Å². The molecule has 2 aliphatic heterocycles. The number of rotatable bonds is 4. The quantitative estimate of drug-likeness (QED) is 0.280. The van der Waals surface area contributed by atoms with Gasteiger partial charge < -0.3 is 10.4 Å². The number of carbonyl (C=O) groups excluding carboxylic acids is 3. The van der Waals surface area contributed by atoms with Gasteiger partial charge in [-0.05, 0) is 11.6 Å². The zero-order chi connectivity index (χ0) is 15.0. The molecule has 108 valence electrons. The molecule has 0 aromatic heterocycles. The van der Waals surface area contributed by atoms with Crippen LogP contribution in [-0.4, -0.2) is 54.6 Å². The van der Waals surface area contributed by atoms with Gasteiger partial charge in [-0.25, -0.2) is 4.79 Å². The molecular weight excluding hydrogens is 423 g/mol. The summed E-state index contributed by atoms with van der Waals surface area (Å²) < 4.78 is 0.200. The van der Waals surface area contributed by atoms with Crippen LogP contribution in [0, 0.1) is 0 Å². The number of β-lactam (4-membered cyclic amide) rings is 1. The predicted octanol–water partition coefficient (Wildman–Crippen LogP) is -0.0746. The fraction of sp³-hybridized carbons (Fsp3) is 0.400. The number of nitrogens with zero attached hydrogens (tertiary/aromatic N) is 1. The molecule has 1 unspecified atom stereocenters. The van der Waals surface area contributed by atoms with Crippen LogP contribution in [0.1, 0.15) is 0 Å². The Labute approximate surface area is 136 Å². The number of aliphatic carboxylic acids is 1. The van der Waals surface area contributed by atoms with Crippen LogP contribution < -0.4 is 5.32 Å². The van der Waals surface area contributed by atoms with Crippen LogP contribution in [0.25, 0.3) is 0 Å². The summed E-state index contributed by atoms with van der Waals surface area (Å²) in [7, 11) is 0. The highest BCUT2D eigenvalue weighted by Gasteiger charge is 2.54. The van der Waals surface area contributed by atoms with E-state index in [9.17, 15) is 19.2 Å². The van der Waals surface area contributed by atoms with Crippen molar-refractivity contribution in [2.45, 2.75) is 11.4 Å². The molecule has 0 aromatic carbocycles. The van der Waals surface area contributed by atoms with Crippen molar-refractivity contribution in [3.63, 3.8) is 0 Å². The molecule has 20 heavy (non-hydrogen) atoms. The van der Waals surface area contributed by atoms with E-state index >= 15 is 0 Å². The monoisotopic (exact) mass is 430 g/mol. The summed E-state index contributed by atoms with van der Waals surface area (Å²) in [6, 6.07) is -0.761. The first-order valence-electron chi connectivity index (χ1n) is 5.34. The Morgan fingerprint density at radius 1 is 1.50 bits per heavy atom. The van der Waals surface area contributed by atoms with Crippen molar-refractivity contribution in [2.75, 3.05) is 10.2 Å². The summed E-state index contributed by atoms with van der Waals surface area (Å²) in [5.41, 5.74) is -0.494. The van der Waals surface area contributed by atoms with Crippen molar-refractivity contribution in [1.82, 2.24) is 10.2 Å². The van der Waals surface area contributed by atoms with Gasteiger partial charge in [0, 0.05) is 5.75 Å². The van der Waals surface area contributed by atoms with Crippen LogP contribution in [0.3, 0.4) is 0 Å². The molecule has 2 atom stereocenters. The average molecular weight is 431 g/mol. The first-order chi connectivity index (χ1) is 9.38. The standard InChI is InChI=1S/C10H8ClIN2O5S/c11-7(16)3-2-20-9-5(13-4(15)1-12)8(17)14(9)6(3)10(18)19/h5,9H,1-2H2,(H,13,15)(H,18,19)/t5?,9-/m1/s1. The molecule has 0 aliphatic carbocycles. The lowest BCUT2D eigenvalue weighted by molar-refractivity contribution is -0.150. The highest BCUT2D eigenvalue weighted by molar-refractivity contribution is 14.1. The molecule has 0 aromatic rings. The molecule has 2 heterocycles. The van der Waals surface area contributed by atoms with Gasteiger partial charge in [0.1, 0.15) is 17.1 Å². The molecule has 10 heteroatoms. The number of hydrogen-bond donors (Lipinski definition) is 2. The Morgan fingerprint density at radius 3 is 2.65 bits per heavy atom. The maximum atomic E-state index is 12.0. The molecule has 2 aliphatic rings. The van der Waals surface area contributed by atoms with Gasteiger partial charge in [-0.2, -0.15) is 0 Å². The van der Waals surface area contributed by atoms with Crippen LogP contribution >= 0.6 is 46.0 Å². The summed E-state index contributed by atoms with van der Waals surface area (Å²) >= 11 is 8.40. The van der Waals surface area contributed by atoms with E-state index in [4.69, 9.17) is 16.7 Å². The number of amides is 2. The minimum Gasteiger partial charge on any atom is -0.477 e. The summed E-state index contributed by atoms with van der Waals surface area (Å²) in [5.74, 6) is -2.14. The number of fused-ring (bicyclic) bond motifs is 1. The van der Waals surface area contributed by atoms with Crippen molar-refractivity contribution in [3.05, 3.63) is 11.3 Å². The second kappa shape index (κ2) is 5.90. The number of hydrogen-bond acceptors (Lipinski definition) is 5. The van der Waals surface area contributed by atoms with E-state index in [1.165, 1.54) is 11.8 Å². The van der Waals surface area contributed by atoms with E-state index in [0.29, 0.717) is 0 Å². The third-order valence-electron chi connectivity index (χ3n) is 2.85. The predicted molar refractivity (Wildman–Crippen MR) is 79.4 cm³/mol. The summed E-state index contributed by atoms with van der Waals surface area (Å²) in [6.45, 7) is 0. The zero-order valence-electron chi connectivity index (χ0n) is 9.76. The molecule has 2 amide bonds. The van der Waals surface area contributed by atoms with Crippen LogP contribution in [0.4, 0.5) is 0 Å². The van der Waals surface area contributed by atoms with E-state index in [1.54, 1.807) is 0 Å². The normalized spacial score (nSPS) is 24.9. The highest BCUT2D eigenvalue weighted by atomic mass is 127. The van der Waals surface area contributed by atoms with Gasteiger partial charge in [0.05, 0.1) is 10.0 Å². The third-order valence-corrected chi connectivity index (χ3v) is 5.05. The molecule has 1 fully saturated rings. The Kier molecular flexibility index (Phi) is 4.59. The lowest BCUT2D eigenvalue weighted by atomic mass is 10.0. The molecule has 7 nitrogen and oxygen atoms in total. The summed E-state index contributed by atoms with van der Waals surface area (Å²) in [5, 5.41) is 10.3. The van der Waals surface area contributed by atoms with Gasteiger partial charge in [0.25, 0.3) is 11.1 Å². The number of carboxylic acids is 1. The Hall–Kier alpha value is -0.810. The van der Waals surface area contributed by atoms with E-state index in [2.05, 4.69) is 5.32 Å². The van der Waals surface area contributed by atoms with Gasteiger partial charge in [0.15, 0.2) is 0 Å². The van der Waals surface area contributed by atoms with E-state index < -0.39 is 34.2 Å². The van der Waals surface area contributed by atoms with Crippen LogP contribution in [0.15, 0.2) is 11.3 Å². The largest absolute Gasteiger partial charge is 0.477 e. The number of carbonyl (C=O) groups is 4. The Morgan fingerprint density at radius 2 is 2.15 bits per heavy atom. The lowest BCUT2D eigenvalue weighted by Gasteiger charge is -2.49. The van der Waals surface area contributed by atoms with E-state index in [0.717, 1.165) is 4.90 Å². The van der Waals surface area contributed by atoms with Gasteiger partial charge in [-0.15, -0.1) is 11.8 Å². The second-order valence-electron chi connectivity index (χ2n) is 3.99. The van der Waals surface area contributed by atoms with Gasteiger partial charge in [0.2, 0.25) is 5.91 Å². The van der Waals surface area contributed by atoms with Crippen molar-refractivity contribution < 1.29 is 24.3 Å². The maximum Gasteiger partial charge on any atom is 0.353 e. The first kappa shape index (κ1) is 15.6. The molecule has 0 bridgehead atoms. The van der Waals surface area contributed by atoms with Crippen molar-refractivity contribution in [1.29, 1.82) is 0 Å². The Balaban J connectivity index is 2.28.